The number of nitrogens with zero attached hydrogens (tertiary/aromatic N) is 9. The standard InChI is InChI=1S/C25H27FN10O3/c1-15-29-17-13-18(16(26)12-20(17)39-15)33-8-5-32(6-9-33)7-10-34-24-30-23-22(36(24)31(2)25(34)37)21(28-14-35(23)27)19-4-3-11-38-19/h3-4,11-13H,5-10,14,27H2,1-2H3. The fraction of sp³-hybridized carbons (Fsp3) is 0.360. The zero-order valence-electron chi connectivity index (χ0n) is 21.5. The molecule has 0 radical (unpaired) electrons. The molecule has 0 saturated carbocycles. The van der Waals surface area contributed by atoms with Crippen LogP contribution in [0.2, 0.25) is 0 Å². The highest BCUT2D eigenvalue weighted by Crippen LogP contribution is 2.28. The van der Waals surface area contributed by atoms with Crippen LogP contribution in [0, 0.1) is 12.7 Å². The number of oxazole rings is 1. The number of hydrazine groups is 1. The Morgan fingerprint density at radius 3 is 2.72 bits per heavy atom. The minimum absolute atomic E-state index is 0.190. The van der Waals surface area contributed by atoms with Crippen LogP contribution in [0.15, 0.2) is 49.1 Å². The average Bonchev–Trinajstić information content (AvgIpc) is 3.70. The molecule has 1 aromatic carbocycles. The van der Waals surface area contributed by atoms with E-state index in [0.717, 1.165) is 13.1 Å². The zero-order chi connectivity index (χ0) is 26.8. The fourth-order valence-corrected chi connectivity index (χ4v) is 5.44. The Hall–Kier alpha value is -4.43. The van der Waals surface area contributed by atoms with Gasteiger partial charge in [0.25, 0.3) is 0 Å². The largest absolute Gasteiger partial charge is 0.463 e. The van der Waals surface area contributed by atoms with Gasteiger partial charge in [0.1, 0.15) is 29.4 Å². The second kappa shape index (κ2) is 8.81. The molecular formula is C25H27FN10O3. The minimum Gasteiger partial charge on any atom is -0.463 e. The molecule has 2 aliphatic heterocycles. The van der Waals surface area contributed by atoms with Gasteiger partial charge in [0.05, 0.1) is 12.0 Å². The Morgan fingerprint density at radius 1 is 1.13 bits per heavy atom. The molecule has 13 nitrogen and oxygen atoms in total. The van der Waals surface area contributed by atoms with Gasteiger partial charge in [0.2, 0.25) is 5.78 Å². The second-order valence-corrected chi connectivity index (χ2v) is 9.78. The van der Waals surface area contributed by atoms with Crippen LogP contribution in [-0.2, 0) is 13.6 Å². The number of halogens is 1. The summed E-state index contributed by atoms with van der Waals surface area (Å²) in [5, 5.41) is 1.46. The normalized spacial score (nSPS) is 16.5. The predicted molar refractivity (Wildman–Crippen MR) is 142 cm³/mol. The monoisotopic (exact) mass is 534 g/mol. The van der Waals surface area contributed by atoms with E-state index >= 15 is 0 Å². The van der Waals surface area contributed by atoms with Crippen molar-refractivity contribution in [1.29, 1.82) is 0 Å². The lowest BCUT2D eigenvalue weighted by atomic mass is 10.2. The molecule has 7 rings (SSSR count). The molecule has 0 spiro atoms. The van der Waals surface area contributed by atoms with Crippen LogP contribution in [0.25, 0.3) is 16.9 Å². The van der Waals surface area contributed by atoms with E-state index in [1.165, 1.54) is 15.8 Å². The molecule has 0 aliphatic carbocycles. The highest BCUT2D eigenvalue weighted by atomic mass is 19.1. The third-order valence-electron chi connectivity index (χ3n) is 7.42. The van der Waals surface area contributed by atoms with Crippen molar-refractivity contribution in [2.24, 2.45) is 17.9 Å². The first-order valence-electron chi connectivity index (χ1n) is 12.7. The van der Waals surface area contributed by atoms with E-state index in [0.29, 0.717) is 77.6 Å². The number of fused-ring (bicyclic) bond motifs is 4. The number of anilines is 2. The number of aromatic nitrogens is 5. The molecule has 0 amide bonds. The third kappa shape index (κ3) is 3.74. The van der Waals surface area contributed by atoms with Crippen molar-refractivity contribution < 1.29 is 13.2 Å². The summed E-state index contributed by atoms with van der Waals surface area (Å²) in [7, 11) is 1.70. The number of rotatable bonds is 5. The summed E-state index contributed by atoms with van der Waals surface area (Å²) in [5.41, 5.74) is 2.65. The van der Waals surface area contributed by atoms with E-state index in [1.54, 1.807) is 41.4 Å². The highest BCUT2D eigenvalue weighted by Gasteiger charge is 2.31. The number of nitrogens with two attached hydrogens (primary N) is 1. The summed E-state index contributed by atoms with van der Waals surface area (Å²) in [6.45, 7) is 5.82. The summed E-state index contributed by atoms with van der Waals surface area (Å²) in [5.74, 6) is 7.99. The highest BCUT2D eigenvalue weighted by molar-refractivity contribution is 6.14. The third-order valence-corrected chi connectivity index (χ3v) is 7.42. The number of aryl methyl sites for hydroxylation is 2. The van der Waals surface area contributed by atoms with Gasteiger partial charge in [0.15, 0.2) is 23.1 Å². The van der Waals surface area contributed by atoms with Crippen molar-refractivity contribution in [3.63, 3.8) is 0 Å². The molecule has 202 valence electrons. The van der Waals surface area contributed by atoms with Crippen molar-refractivity contribution in [2.75, 3.05) is 49.3 Å². The van der Waals surface area contributed by atoms with E-state index in [4.69, 9.17) is 19.7 Å². The van der Waals surface area contributed by atoms with Crippen LogP contribution in [-0.4, -0.2) is 73.7 Å². The summed E-state index contributed by atoms with van der Waals surface area (Å²) < 4.78 is 30.7. The van der Waals surface area contributed by atoms with Gasteiger partial charge in [-0.3, -0.25) is 19.5 Å². The first-order chi connectivity index (χ1) is 18.9. The molecule has 2 N–H and O–H groups in total. The van der Waals surface area contributed by atoms with Gasteiger partial charge in [0, 0.05) is 59.3 Å². The Balaban J connectivity index is 1.10. The SMILES string of the molecule is Cc1nc2cc(N3CCN(CCn4c(=O)n(C)n5c6c(nc45)N(N)CN=C6c4ccco4)CC3)c(F)cc2o1. The molecule has 0 atom stereocenters. The number of benzene rings is 1. The van der Waals surface area contributed by atoms with Crippen LogP contribution in [0.5, 0.6) is 0 Å². The Morgan fingerprint density at radius 2 is 1.95 bits per heavy atom. The number of piperazine rings is 1. The maximum absolute atomic E-state index is 14.8. The first kappa shape index (κ1) is 23.7. The molecule has 2 aliphatic rings. The van der Waals surface area contributed by atoms with Crippen LogP contribution in [0.3, 0.4) is 0 Å². The predicted octanol–water partition coefficient (Wildman–Crippen LogP) is 1.33. The lowest BCUT2D eigenvalue weighted by Gasteiger charge is -2.36. The quantitative estimate of drug-likeness (QED) is 0.332. The molecule has 39 heavy (non-hydrogen) atoms. The van der Waals surface area contributed by atoms with Gasteiger partial charge in [-0.2, -0.15) is 4.98 Å². The summed E-state index contributed by atoms with van der Waals surface area (Å²) in [6, 6.07) is 6.76. The lowest BCUT2D eigenvalue weighted by molar-refractivity contribution is 0.247. The first-order valence-corrected chi connectivity index (χ1v) is 12.7. The van der Waals surface area contributed by atoms with Crippen molar-refractivity contribution in [3.8, 4) is 0 Å². The van der Waals surface area contributed by atoms with E-state index in [2.05, 4.69) is 14.9 Å². The summed E-state index contributed by atoms with van der Waals surface area (Å²) in [4.78, 5) is 31.2. The van der Waals surface area contributed by atoms with Crippen molar-refractivity contribution >= 4 is 34.1 Å². The Kier molecular flexibility index (Phi) is 5.35. The fourth-order valence-electron chi connectivity index (χ4n) is 5.44. The molecule has 1 saturated heterocycles. The molecular weight excluding hydrogens is 507 g/mol. The summed E-state index contributed by atoms with van der Waals surface area (Å²) >= 11 is 0. The van der Waals surface area contributed by atoms with Crippen molar-refractivity contribution in [1.82, 2.24) is 28.6 Å². The summed E-state index contributed by atoms with van der Waals surface area (Å²) in [6.07, 6.45) is 1.58. The molecule has 14 heteroatoms. The van der Waals surface area contributed by atoms with Gasteiger partial charge < -0.3 is 13.7 Å². The lowest BCUT2D eigenvalue weighted by Crippen LogP contribution is -2.47. The van der Waals surface area contributed by atoms with Crippen molar-refractivity contribution in [3.05, 3.63) is 64.2 Å². The van der Waals surface area contributed by atoms with Gasteiger partial charge >= 0.3 is 5.69 Å². The van der Waals surface area contributed by atoms with Crippen molar-refractivity contribution in [2.45, 2.75) is 13.5 Å². The van der Waals surface area contributed by atoms with Gasteiger partial charge in [-0.1, -0.05) is 0 Å². The van der Waals surface area contributed by atoms with Crippen LogP contribution >= 0.6 is 0 Å². The maximum atomic E-state index is 14.8. The zero-order valence-corrected chi connectivity index (χ0v) is 21.5. The smallest absolute Gasteiger partial charge is 0.345 e. The van der Waals surface area contributed by atoms with Gasteiger partial charge in [-0.25, -0.2) is 29.2 Å². The second-order valence-electron chi connectivity index (χ2n) is 9.78. The molecule has 0 unspecified atom stereocenters. The molecule has 1 fully saturated rings. The topological polar surface area (TPSA) is 132 Å². The van der Waals surface area contributed by atoms with Gasteiger partial charge in [-0.15, -0.1) is 0 Å². The Bertz CT molecular complexity index is 1790. The number of imidazole rings is 1. The number of hydrogen-bond acceptors (Lipinski definition) is 10. The number of furan rings is 1. The molecule has 4 aromatic heterocycles. The van der Waals surface area contributed by atoms with E-state index in [9.17, 15) is 9.18 Å². The van der Waals surface area contributed by atoms with Gasteiger partial charge in [-0.05, 0) is 18.2 Å². The van der Waals surface area contributed by atoms with Crippen LogP contribution in [0.1, 0.15) is 17.3 Å². The molecule has 5 aromatic rings. The maximum Gasteiger partial charge on any atom is 0.345 e. The molecule has 6 heterocycles. The average molecular weight is 535 g/mol. The minimum atomic E-state index is -0.319. The van der Waals surface area contributed by atoms with E-state index in [-0.39, 0.29) is 18.2 Å². The number of aliphatic imine (C=N–C) groups is 1. The van der Waals surface area contributed by atoms with Crippen LogP contribution in [0.4, 0.5) is 15.9 Å². The van der Waals surface area contributed by atoms with E-state index in [1.807, 2.05) is 11.0 Å². The number of hydrogen-bond donors (Lipinski definition) is 1. The molecule has 0 bridgehead atoms. The Labute approximate surface area is 221 Å². The van der Waals surface area contributed by atoms with E-state index < -0.39 is 0 Å². The van der Waals surface area contributed by atoms with Crippen LogP contribution < -0.4 is 21.4 Å².